The van der Waals surface area contributed by atoms with Gasteiger partial charge in [0.05, 0.1) is 6.10 Å². The van der Waals surface area contributed by atoms with Gasteiger partial charge in [-0.3, -0.25) is 9.45 Å². The van der Waals surface area contributed by atoms with Crippen molar-refractivity contribution in [2.75, 3.05) is 19.3 Å². The van der Waals surface area contributed by atoms with Crippen LogP contribution in [-0.4, -0.2) is 48.4 Å². The van der Waals surface area contributed by atoms with E-state index in [9.17, 15) is 13.5 Å². The Bertz CT molecular complexity index is 432. The zero-order valence-corrected chi connectivity index (χ0v) is 10.5. The molecule has 1 rings (SSSR count). The highest BCUT2D eigenvalue weighted by atomic mass is 32.2. The molecule has 5 nitrogen and oxygen atoms in total. The molecular weight excluding hydrogens is 242 g/mol. The zero-order valence-electron chi connectivity index (χ0n) is 9.65. The Balaban J connectivity index is 2.42. The second-order valence-corrected chi connectivity index (χ2v) is 5.58. The summed E-state index contributed by atoms with van der Waals surface area (Å²) in [4.78, 5) is 1.80. The van der Waals surface area contributed by atoms with Gasteiger partial charge in [0.25, 0.3) is 10.1 Å². The summed E-state index contributed by atoms with van der Waals surface area (Å²) in [6.45, 7) is 0.804. The van der Waals surface area contributed by atoms with Crippen molar-refractivity contribution in [3.63, 3.8) is 0 Å². The minimum atomic E-state index is -4.12. The highest BCUT2D eigenvalue weighted by molar-refractivity contribution is 7.85. The number of hydrogen-bond donors (Lipinski definition) is 2. The van der Waals surface area contributed by atoms with Gasteiger partial charge in [-0.25, -0.2) is 0 Å². The van der Waals surface area contributed by atoms with Crippen molar-refractivity contribution in [3.8, 4) is 0 Å². The molecule has 2 N–H and O–H groups in total. The van der Waals surface area contributed by atoms with E-state index in [4.69, 9.17) is 4.55 Å². The van der Waals surface area contributed by atoms with Crippen LogP contribution in [0.2, 0.25) is 0 Å². The SMILES string of the molecule is CN(Cc1ccccc1)CC(O)CS(=O)(=O)O. The van der Waals surface area contributed by atoms with Crippen molar-refractivity contribution in [1.29, 1.82) is 0 Å². The van der Waals surface area contributed by atoms with Gasteiger partial charge in [-0.2, -0.15) is 8.42 Å². The lowest BCUT2D eigenvalue weighted by Gasteiger charge is -2.19. The maximum atomic E-state index is 10.6. The fourth-order valence-electron chi connectivity index (χ4n) is 1.62. The molecule has 0 bridgehead atoms. The number of aliphatic hydroxyl groups is 1. The van der Waals surface area contributed by atoms with Gasteiger partial charge in [-0.15, -0.1) is 0 Å². The van der Waals surface area contributed by atoms with E-state index in [0.717, 1.165) is 5.56 Å². The molecule has 1 aromatic rings. The minimum absolute atomic E-state index is 0.189. The monoisotopic (exact) mass is 259 g/mol. The van der Waals surface area contributed by atoms with Crippen LogP contribution in [0.1, 0.15) is 5.56 Å². The summed E-state index contributed by atoms with van der Waals surface area (Å²) in [5.74, 6) is -0.633. The number of benzene rings is 1. The Hall–Kier alpha value is -0.950. The number of likely N-dealkylation sites (N-methyl/N-ethyl adjacent to an activating group) is 1. The summed E-state index contributed by atoms with van der Waals surface area (Å²) in [6.07, 6.45) is -1.08. The van der Waals surface area contributed by atoms with Crippen LogP contribution in [0.4, 0.5) is 0 Å². The summed E-state index contributed by atoms with van der Waals surface area (Å²) < 4.78 is 29.7. The predicted molar refractivity (Wildman–Crippen MR) is 65.2 cm³/mol. The maximum absolute atomic E-state index is 10.6. The van der Waals surface area contributed by atoms with Gasteiger partial charge < -0.3 is 5.11 Å². The third-order valence-corrected chi connectivity index (χ3v) is 3.03. The third kappa shape index (κ3) is 6.38. The molecule has 0 spiro atoms. The van der Waals surface area contributed by atoms with Crippen molar-refractivity contribution in [3.05, 3.63) is 35.9 Å². The van der Waals surface area contributed by atoms with E-state index >= 15 is 0 Å². The Morgan fingerprint density at radius 3 is 2.41 bits per heavy atom. The summed E-state index contributed by atoms with van der Waals surface area (Å²) >= 11 is 0. The van der Waals surface area contributed by atoms with Crippen molar-refractivity contribution < 1.29 is 18.1 Å². The summed E-state index contributed by atoms with van der Waals surface area (Å²) in [6, 6.07) is 9.64. The van der Waals surface area contributed by atoms with E-state index < -0.39 is 22.0 Å². The molecule has 0 aromatic heterocycles. The highest BCUT2D eigenvalue weighted by Gasteiger charge is 2.15. The zero-order chi connectivity index (χ0) is 12.9. The van der Waals surface area contributed by atoms with Gasteiger partial charge in [-0.05, 0) is 12.6 Å². The molecule has 0 fully saturated rings. The fraction of sp³-hybridized carbons (Fsp3) is 0.455. The first kappa shape index (κ1) is 14.1. The number of hydrogen-bond acceptors (Lipinski definition) is 4. The second-order valence-electron chi connectivity index (χ2n) is 4.08. The van der Waals surface area contributed by atoms with Crippen molar-refractivity contribution in [1.82, 2.24) is 4.90 Å². The molecule has 1 unspecified atom stereocenters. The molecule has 0 saturated heterocycles. The Morgan fingerprint density at radius 1 is 1.29 bits per heavy atom. The molecule has 0 aliphatic rings. The lowest BCUT2D eigenvalue weighted by atomic mass is 10.2. The van der Waals surface area contributed by atoms with Crippen LogP contribution in [0.25, 0.3) is 0 Å². The number of aliphatic hydroxyl groups excluding tert-OH is 1. The lowest BCUT2D eigenvalue weighted by Crippen LogP contribution is -2.33. The van der Waals surface area contributed by atoms with Gasteiger partial charge in [0.1, 0.15) is 5.75 Å². The second kappa shape index (κ2) is 6.11. The van der Waals surface area contributed by atoms with Crippen LogP contribution in [0.15, 0.2) is 30.3 Å². The molecule has 0 radical (unpaired) electrons. The van der Waals surface area contributed by atoms with Gasteiger partial charge in [-0.1, -0.05) is 30.3 Å². The molecule has 0 amide bonds. The molecular formula is C11H17NO4S. The predicted octanol–water partition coefficient (Wildman–Crippen LogP) is 0.367. The topological polar surface area (TPSA) is 77.8 Å². The van der Waals surface area contributed by atoms with E-state index in [-0.39, 0.29) is 6.54 Å². The van der Waals surface area contributed by atoms with E-state index in [2.05, 4.69) is 0 Å². The minimum Gasteiger partial charge on any atom is -0.391 e. The molecule has 1 atom stereocenters. The summed E-state index contributed by atoms with van der Waals surface area (Å²) in [5.41, 5.74) is 1.08. The first-order valence-electron chi connectivity index (χ1n) is 5.22. The Kier molecular flexibility index (Phi) is 5.07. The highest BCUT2D eigenvalue weighted by Crippen LogP contribution is 2.03. The molecule has 0 aliphatic heterocycles. The molecule has 0 saturated carbocycles. The molecule has 0 heterocycles. The molecule has 96 valence electrons. The van der Waals surface area contributed by atoms with Crippen LogP contribution in [-0.2, 0) is 16.7 Å². The largest absolute Gasteiger partial charge is 0.391 e. The van der Waals surface area contributed by atoms with E-state index in [1.54, 1.807) is 11.9 Å². The van der Waals surface area contributed by atoms with Gasteiger partial charge in [0.2, 0.25) is 0 Å². The van der Waals surface area contributed by atoms with Crippen LogP contribution in [0, 0.1) is 0 Å². The van der Waals surface area contributed by atoms with E-state index in [1.165, 1.54) is 0 Å². The van der Waals surface area contributed by atoms with Crippen LogP contribution >= 0.6 is 0 Å². The van der Waals surface area contributed by atoms with Crippen LogP contribution in [0.5, 0.6) is 0 Å². The van der Waals surface area contributed by atoms with Gasteiger partial charge in [0, 0.05) is 13.1 Å². The fourth-order valence-corrected chi connectivity index (χ4v) is 2.21. The van der Waals surface area contributed by atoms with Crippen LogP contribution < -0.4 is 0 Å². The quantitative estimate of drug-likeness (QED) is 0.722. The normalized spacial score (nSPS) is 13.9. The van der Waals surface area contributed by atoms with Crippen molar-refractivity contribution >= 4 is 10.1 Å². The average Bonchev–Trinajstić information content (AvgIpc) is 2.15. The van der Waals surface area contributed by atoms with E-state index in [1.807, 2.05) is 30.3 Å². The van der Waals surface area contributed by atoms with E-state index in [0.29, 0.717) is 6.54 Å². The van der Waals surface area contributed by atoms with Crippen LogP contribution in [0.3, 0.4) is 0 Å². The average molecular weight is 259 g/mol. The number of nitrogens with zero attached hydrogens (tertiary/aromatic N) is 1. The Labute approximate surface area is 101 Å². The maximum Gasteiger partial charge on any atom is 0.267 e. The van der Waals surface area contributed by atoms with Crippen molar-refractivity contribution in [2.45, 2.75) is 12.6 Å². The summed E-state index contributed by atoms with van der Waals surface area (Å²) in [5, 5.41) is 9.45. The Morgan fingerprint density at radius 2 is 1.88 bits per heavy atom. The summed E-state index contributed by atoms with van der Waals surface area (Å²) in [7, 11) is -2.34. The van der Waals surface area contributed by atoms with Crippen molar-refractivity contribution in [2.24, 2.45) is 0 Å². The molecule has 6 heteroatoms. The lowest BCUT2D eigenvalue weighted by molar-refractivity contribution is 0.139. The third-order valence-electron chi connectivity index (χ3n) is 2.22. The smallest absolute Gasteiger partial charge is 0.267 e. The van der Waals surface area contributed by atoms with Gasteiger partial charge in [0.15, 0.2) is 0 Å². The van der Waals surface area contributed by atoms with Gasteiger partial charge >= 0.3 is 0 Å². The standard InChI is InChI=1S/C11H17NO4S/c1-12(7-10-5-3-2-4-6-10)8-11(13)9-17(14,15)16/h2-6,11,13H,7-9H2,1H3,(H,14,15,16). The molecule has 1 aromatic carbocycles. The number of rotatable bonds is 6. The first-order valence-corrected chi connectivity index (χ1v) is 6.83. The molecule has 0 aliphatic carbocycles. The first-order chi connectivity index (χ1) is 7.87. The molecule has 17 heavy (non-hydrogen) atoms.